The lowest BCUT2D eigenvalue weighted by atomic mass is 10.4. The van der Waals surface area contributed by atoms with Crippen molar-refractivity contribution in [1.82, 2.24) is 9.80 Å². The number of nitrogens with two attached hydrogens (primary N) is 1. The molecule has 20 heavy (non-hydrogen) atoms. The summed E-state index contributed by atoms with van der Waals surface area (Å²) in [5, 5.41) is 5.04. The molecule has 1 fully saturated rings. The molecule has 1 aromatic heterocycles. The third-order valence-electron chi connectivity index (χ3n) is 3.38. The van der Waals surface area contributed by atoms with Gasteiger partial charge in [-0.25, -0.2) is 13.6 Å². The quantitative estimate of drug-likeness (QED) is 0.831. The van der Waals surface area contributed by atoms with Crippen molar-refractivity contribution >= 4 is 27.3 Å². The van der Waals surface area contributed by atoms with Crippen LogP contribution in [0.15, 0.2) is 16.3 Å². The third kappa shape index (κ3) is 3.78. The van der Waals surface area contributed by atoms with Gasteiger partial charge < -0.3 is 9.80 Å². The van der Waals surface area contributed by atoms with E-state index in [1.165, 1.54) is 25.0 Å². The molecule has 2 rings (SSSR count). The Balaban J connectivity index is 1.94. The second-order valence-electron chi connectivity index (χ2n) is 5.10. The number of hydrogen-bond donors (Lipinski definition) is 1. The smallest absolute Gasteiger partial charge is 0.263 e. The normalized spacial score (nSPS) is 15.6. The Morgan fingerprint density at radius 3 is 2.50 bits per heavy atom. The molecule has 0 bridgehead atoms. The molecule has 1 aliphatic carbocycles. The van der Waals surface area contributed by atoms with Gasteiger partial charge in [0.2, 0.25) is 10.0 Å². The van der Waals surface area contributed by atoms with Gasteiger partial charge in [-0.2, -0.15) is 0 Å². The molecule has 0 unspecified atom stereocenters. The number of rotatable bonds is 6. The highest BCUT2D eigenvalue weighted by atomic mass is 32.2. The van der Waals surface area contributed by atoms with Crippen molar-refractivity contribution < 1.29 is 13.2 Å². The number of primary sulfonamides is 1. The van der Waals surface area contributed by atoms with Crippen LogP contribution in [0, 0.1) is 0 Å². The molecule has 6 nitrogen and oxygen atoms in total. The van der Waals surface area contributed by atoms with Crippen LogP contribution >= 0.6 is 11.3 Å². The summed E-state index contributed by atoms with van der Waals surface area (Å²) in [6.07, 6.45) is 2.47. The summed E-state index contributed by atoms with van der Waals surface area (Å²) in [7, 11) is 0.0471. The molecule has 2 N–H and O–H groups in total. The van der Waals surface area contributed by atoms with Gasteiger partial charge in [-0.1, -0.05) is 0 Å². The van der Waals surface area contributed by atoms with Crippen molar-refractivity contribution in [2.24, 2.45) is 5.14 Å². The Hall–Kier alpha value is -0.960. The van der Waals surface area contributed by atoms with E-state index in [1.54, 1.807) is 11.9 Å². The number of hydrogen-bond acceptors (Lipinski definition) is 5. The summed E-state index contributed by atoms with van der Waals surface area (Å²) in [6, 6.07) is 3.54. The summed E-state index contributed by atoms with van der Waals surface area (Å²) in [5.74, 6) is -0.172. The van der Waals surface area contributed by atoms with Gasteiger partial charge in [-0.05, 0) is 32.0 Å². The molecule has 1 heterocycles. The largest absolute Gasteiger partial charge is 0.340 e. The minimum atomic E-state index is -3.73. The van der Waals surface area contributed by atoms with Crippen molar-refractivity contribution in [3.8, 4) is 0 Å². The molecule has 1 saturated carbocycles. The fraction of sp³-hybridized carbons (Fsp3) is 0.583. The van der Waals surface area contributed by atoms with Crippen molar-refractivity contribution in [3.05, 3.63) is 17.0 Å². The SMILES string of the molecule is CN(CCN(C)C1CC1)C(=O)c1ccc(S(N)(=O)=O)s1. The van der Waals surface area contributed by atoms with Crippen molar-refractivity contribution in [2.45, 2.75) is 23.1 Å². The zero-order valence-electron chi connectivity index (χ0n) is 11.6. The topological polar surface area (TPSA) is 83.7 Å². The summed E-state index contributed by atoms with van der Waals surface area (Å²) >= 11 is 0.911. The summed E-state index contributed by atoms with van der Waals surface area (Å²) in [6.45, 7) is 1.44. The van der Waals surface area contributed by atoms with Gasteiger partial charge in [0.15, 0.2) is 0 Å². The van der Waals surface area contributed by atoms with Gasteiger partial charge in [-0.15, -0.1) is 11.3 Å². The van der Waals surface area contributed by atoms with Gasteiger partial charge >= 0.3 is 0 Å². The first-order valence-corrected chi connectivity index (χ1v) is 8.73. The van der Waals surface area contributed by atoms with Gasteiger partial charge in [0.25, 0.3) is 5.91 Å². The van der Waals surface area contributed by atoms with E-state index in [-0.39, 0.29) is 10.1 Å². The maximum atomic E-state index is 12.2. The lowest BCUT2D eigenvalue weighted by Crippen LogP contribution is -2.35. The lowest BCUT2D eigenvalue weighted by molar-refractivity contribution is 0.0786. The molecule has 1 aromatic rings. The summed E-state index contributed by atoms with van der Waals surface area (Å²) in [5.41, 5.74) is 0. The predicted molar refractivity (Wildman–Crippen MR) is 78.3 cm³/mol. The maximum Gasteiger partial charge on any atom is 0.263 e. The van der Waals surface area contributed by atoms with Crippen LogP contribution in [-0.2, 0) is 10.0 Å². The average molecular weight is 317 g/mol. The number of nitrogens with zero attached hydrogens (tertiary/aromatic N) is 2. The van der Waals surface area contributed by atoms with Gasteiger partial charge in [0.05, 0.1) is 4.88 Å². The molecule has 0 aliphatic heterocycles. The molecule has 0 radical (unpaired) electrons. The van der Waals surface area contributed by atoms with Crippen LogP contribution < -0.4 is 5.14 Å². The first-order chi connectivity index (χ1) is 9.29. The molecular weight excluding hydrogens is 298 g/mol. The second kappa shape index (κ2) is 5.80. The predicted octanol–water partition coefficient (Wildman–Crippen LogP) is 0.562. The van der Waals surface area contributed by atoms with Crippen LogP contribution in [0.1, 0.15) is 22.5 Å². The molecule has 0 aromatic carbocycles. The van der Waals surface area contributed by atoms with Crippen LogP contribution in [0.5, 0.6) is 0 Å². The minimum absolute atomic E-state index is 0.0179. The van der Waals surface area contributed by atoms with Crippen molar-refractivity contribution in [3.63, 3.8) is 0 Å². The molecule has 0 atom stereocenters. The van der Waals surface area contributed by atoms with E-state index < -0.39 is 10.0 Å². The molecule has 1 aliphatic rings. The number of sulfonamides is 1. The van der Waals surface area contributed by atoms with E-state index in [2.05, 4.69) is 11.9 Å². The highest BCUT2D eigenvalue weighted by Gasteiger charge is 2.26. The number of likely N-dealkylation sites (N-methyl/N-ethyl adjacent to an activating group) is 2. The van der Waals surface area contributed by atoms with E-state index in [9.17, 15) is 13.2 Å². The highest BCUT2D eigenvalue weighted by Crippen LogP contribution is 2.25. The average Bonchev–Trinajstić information content (AvgIpc) is 3.10. The fourth-order valence-corrected chi connectivity index (χ4v) is 3.61. The van der Waals surface area contributed by atoms with Crippen molar-refractivity contribution in [2.75, 3.05) is 27.2 Å². The number of carbonyl (C=O) groups excluding carboxylic acids is 1. The Labute approximate surface area is 123 Å². The van der Waals surface area contributed by atoms with Crippen LogP contribution in [0.4, 0.5) is 0 Å². The number of amides is 1. The number of carbonyl (C=O) groups is 1. The highest BCUT2D eigenvalue weighted by molar-refractivity contribution is 7.91. The molecule has 0 spiro atoms. The Kier molecular flexibility index (Phi) is 4.48. The van der Waals surface area contributed by atoms with Gasteiger partial charge in [-0.3, -0.25) is 4.79 Å². The molecule has 1 amide bonds. The molecule has 112 valence electrons. The van der Waals surface area contributed by atoms with Crippen LogP contribution in [0.3, 0.4) is 0 Å². The van der Waals surface area contributed by atoms with E-state index in [4.69, 9.17) is 5.14 Å². The van der Waals surface area contributed by atoms with Crippen molar-refractivity contribution in [1.29, 1.82) is 0 Å². The first kappa shape index (κ1) is 15.4. The maximum absolute atomic E-state index is 12.2. The molecule has 0 saturated heterocycles. The third-order valence-corrected chi connectivity index (χ3v) is 5.89. The zero-order valence-corrected chi connectivity index (χ0v) is 13.2. The Bertz CT molecular complexity index is 593. The van der Waals surface area contributed by atoms with E-state index in [1.807, 2.05) is 0 Å². The second-order valence-corrected chi connectivity index (χ2v) is 7.97. The Morgan fingerprint density at radius 1 is 1.35 bits per heavy atom. The van der Waals surface area contributed by atoms with Gasteiger partial charge in [0.1, 0.15) is 4.21 Å². The monoisotopic (exact) mass is 317 g/mol. The first-order valence-electron chi connectivity index (χ1n) is 6.37. The fourth-order valence-electron chi connectivity index (χ4n) is 1.88. The van der Waals surface area contributed by atoms with Gasteiger partial charge in [0, 0.05) is 26.2 Å². The number of thiophene rings is 1. The Morgan fingerprint density at radius 2 is 2.00 bits per heavy atom. The summed E-state index contributed by atoms with van der Waals surface area (Å²) < 4.78 is 22.4. The zero-order chi connectivity index (χ0) is 14.9. The van der Waals surface area contributed by atoms with E-state index in [0.29, 0.717) is 17.5 Å². The van der Waals surface area contributed by atoms with Crippen LogP contribution in [-0.4, -0.2) is 57.4 Å². The van der Waals surface area contributed by atoms with Crippen LogP contribution in [0.25, 0.3) is 0 Å². The van der Waals surface area contributed by atoms with Crippen LogP contribution in [0.2, 0.25) is 0 Å². The molecule has 8 heteroatoms. The standard InChI is InChI=1S/C12H19N3O3S2/c1-14(9-3-4-9)7-8-15(2)12(16)10-5-6-11(19-10)20(13,17)18/h5-6,9H,3-4,7-8H2,1-2H3,(H2,13,17,18). The van der Waals surface area contributed by atoms with E-state index in [0.717, 1.165) is 17.9 Å². The minimum Gasteiger partial charge on any atom is -0.340 e. The molecular formula is C12H19N3O3S2. The lowest BCUT2D eigenvalue weighted by Gasteiger charge is -2.21. The van der Waals surface area contributed by atoms with E-state index >= 15 is 0 Å². The summed E-state index contributed by atoms with van der Waals surface area (Å²) in [4.78, 5) is 16.4.